The molecule has 1 aromatic heterocycles. The van der Waals surface area contributed by atoms with Gasteiger partial charge in [0.1, 0.15) is 11.6 Å². The van der Waals surface area contributed by atoms with E-state index < -0.39 is 12.8 Å². The Morgan fingerprint density at radius 2 is 2.00 bits per heavy atom. The lowest BCUT2D eigenvalue weighted by Crippen LogP contribution is -2.16. The van der Waals surface area contributed by atoms with Crippen LogP contribution in [0.25, 0.3) is 0 Å². The van der Waals surface area contributed by atoms with Crippen molar-refractivity contribution in [2.24, 2.45) is 0 Å². The van der Waals surface area contributed by atoms with Crippen molar-refractivity contribution in [2.45, 2.75) is 11.2 Å². The Balaban J connectivity index is 2.30. The number of rotatable bonds is 4. The third kappa shape index (κ3) is 4.84. The van der Waals surface area contributed by atoms with Crippen LogP contribution in [0.15, 0.2) is 17.4 Å². The summed E-state index contributed by atoms with van der Waals surface area (Å²) in [6, 6.07) is 0. The molecule has 0 unspecified atom stereocenters. The first-order valence-electron chi connectivity index (χ1n) is 3.83. The van der Waals surface area contributed by atoms with Gasteiger partial charge in [-0.1, -0.05) is 11.8 Å². The van der Waals surface area contributed by atoms with E-state index >= 15 is 0 Å². The minimum Gasteiger partial charge on any atom is -0.381 e. The number of alkyl halides is 3. The Hall–Kier alpha value is -1.02. The van der Waals surface area contributed by atoms with Gasteiger partial charge in [0, 0.05) is 12.4 Å². The molecule has 2 N–H and O–H groups in total. The summed E-state index contributed by atoms with van der Waals surface area (Å²) < 4.78 is 39.4. The van der Waals surface area contributed by atoms with E-state index in [1.54, 1.807) is 0 Å². The van der Waals surface area contributed by atoms with E-state index in [1.807, 2.05) is 0 Å². The average Bonchev–Trinajstić information content (AvgIpc) is 2.13. The molecule has 0 fully saturated rings. The number of thioether (sulfide) groups is 1. The van der Waals surface area contributed by atoms with Gasteiger partial charge in [-0.2, -0.15) is 13.2 Å². The van der Waals surface area contributed by atoms with Gasteiger partial charge in [-0.15, -0.1) is 0 Å². The fourth-order valence-electron chi connectivity index (χ4n) is 0.702. The zero-order valence-electron chi connectivity index (χ0n) is 7.49. The largest absolute Gasteiger partial charge is 0.411 e. The molecular weight excluding hydrogens is 231 g/mol. The second-order valence-corrected chi connectivity index (χ2v) is 3.38. The third-order valence-corrected chi connectivity index (χ3v) is 2.11. The quantitative estimate of drug-likeness (QED) is 0.492. The molecule has 84 valence electrons. The zero-order chi connectivity index (χ0) is 11.3. The number of ether oxygens (including phenoxy) is 1. The highest BCUT2D eigenvalue weighted by molar-refractivity contribution is 7.99. The number of hydrogen-bond acceptors (Lipinski definition) is 5. The van der Waals surface area contributed by atoms with E-state index in [-0.39, 0.29) is 11.8 Å². The van der Waals surface area contributed by atoms with E-state index in [1.165, 1.54) is 12.4 Å². The van der Waals surface area contributed by atoms with Crippen molar-refractivity contribution in [2.75, 3.05) is 18.3 Å². The number of aromatic nitrogens is 2. The smallest absolute Gasteiger partial charge is 0.381 e. The van der Waals surface area contributed by atoms with Crippen molar-refractivity contribution >= 4 is 17.6 Å². The van der Waals surface area contributed by atoms with Crippen LogP contribution in [0.5, 0.6) is 0 Å². The maximum Gasteiger partial charge on any atom is 0.411 e. The maximum absolute atomic E-state index is 11.7. The van der Waals surface area contributed by atoms with Gasteiger partial charge in [-0.3, -0.25) is 0 Å². The second kappa shape index (κ2) is 5.17. The van der Waals surface area contributed by atoms with Gasteiger partial charge < -0.3 is 10.5 Å². The Morgan fingerprint density at radius 1 is 1.33 bits per heavy atom. The van der Waals surface area contributed by atoms with Crippen molar-refractivity contribution in [3.63, 3.8) is 0 Å². The van der Waals surface area contributed by atoms with Crippen LogP contribution in [-0.2, 0) is 4.74 Å². The van der Waals surface area contributed by atoms with Gasteiger partial charge in [-0.25, -0.2) is 9.97 Å². The van der Waals surface area contributed by atoms with Gasteiger partial charge in [0.2, 0.25) is 0 Å². The SMILES string of the molecule is Nc1nccnc1SCOCC(F)(F)F. The molecule has 1 heterocycles. The molecule has 0 spiro atoms. The molecule has 15 heavy (non-hydrogen) atoms. The summed E-state index contributed by atoms with van der Waals surface area (Å²) in [5.74, 6) is 0.0145. The molecule has 0 aromatic carbocycles. The Kier molecular flexibility index (Phi) is 4.15. The molecule has 0 atom stereocenters. The summed E-state index contributed by atoms with van der Waals surface area (Å²) in [7, 11) is 0. The zero-order valence-corrected chi connectivity index (χ0v) is 8.31. The number of halogens is 3. The van der Waals surface area contributed by atoms with Crippen LogP contribution in [0.2, 0.25) is 0 Å². The van der Waals surface area contributed by atoms with Gasteiger partial charge in [0.15, 0.2) is 5.82 Å². The minimum absolute atomic E-state index is 0.164. The summed E-state index contributed by atoms with van der Waals surface area (Å²) >= 11 is 0.967. The normalized spacial score (nSPS) is 11.7. The predicted octanol–water partition coefficient (Wildman–Crippen LogP) is 1.69. The van der Waals surface area contributed by atoms with Gasteiger partial charge >= 0.3 is 6.18 Å². The average molecular weight is 239 g/mol. The number of nitrogens with two attached hydrogens (primary N) is 1. The molecule has 1 aromatic rings. The molecule has 0 aliphatic rings. The molecular formula is C7H8F3N3OS. The summed E-state index contributed by atoms with van der Waals surface area (Å²) in [5.41, 5.74) is 5.42. The van der Waals surface area contributed by atoms with Crippen LogP contribution in [0.4, 0.5) is 19.0 Å². The van der Waals surface area contributed by atoms with Gasteiger partial charge in [0.05, 0.1) is 5.94 Å². The maximum atomic E-state index is 11.7. The lowest BCUT2D eigenvalue weighted by molar-refractivity contribution is -0.168. The molecule has 0 saturated carbocycles. The van der Waals surface area contributed by atoms with Gasteiger partial charge in [-0.05, 0) is 0 Å². The highest BCUT2D eigenvalue weighted by Gasteiger charge is 2.27. The van der Waals surface area contributed by atoms with Crippen molar-refractivity contribution in [1.29, 1.82) is 0 Å². The van der Waals surface area contributed by atoms with Crippen LogP contribution in [0, 0.1) is 0 Å². The third-order valence-electron chi connectivity index (χ3n) is 1.24. The van der Waals surface area contributed by atoms with Crippen LogP contribution < -0.4 is 5.73 Å². The molecule has 0 bridgehead atoms. The molecule has 0 amide bonds. The monoisotopic (exact) mass is 239 g/mol. The number of hydrogen-bond donors (Lipinski definition) is 1. The van der Waals surface area contributed by atoms with Crippen LogP contribution in [0.1, 0.15) is 0 Å². The van der Waals surface area contributed by atoms with E-state index in [9.17, 15) is 13.2 Å². The van der Waals surface area contributed by atoms with E-state index in [2.05, 4.69) is 14.7 Å². The Morgan fingerprint density at radius 3 is 2.60 bits per heavy atom. The van der Waals surface area contributed by atoms with Gasteiger partial charge in [0.25, 0.3) is 0 Å². The summed E-state index contributed by atoms with van der Waals surface area (Å²) in [6.45, 7) is -1.28. The first-order valence-corrected chi connectivity index (χ1v) is 4.81. The van der Waals surface area contributed by atoms with Crippen molar-refractivity contribution < 1.29 is 17.9 Å². The first kappa shape index (κ1) is 12.1. The summed E-state index contributed by atoms with van der Waals surface area (Å²) in [6.07, 6.45) is -1.51. The lowest BCUT2D eigenvalue weighted by Gasteiger charge is -2.07. The van der Waals surface area contributed by atoms with Crippen molar-refractivity contribution in [1.82, 2.24) is 9.97 Å². The molecule has 1 rings (SSSR count). The van der Waals surface area contributed by atoms with Crippen molar-refractivity contribution in [3.8, 4) is 0 Å². The number of nitrogens with zero attached hydrogens (tertiary/aromatic N) is 2. The summed E-state index contributed by atoms with van der Waals surface area (Å²) in [4.78, 5) is 7.55. The highest BCUT2D eigenvalue weighted by Crippen LogP contribution is 2.21. The molecule has 0 aliphatic carbocycles. The molecule has 0 radical (unpaired) electrons. The number of nitrogen functional groups attached to an aromatic ring is 1. The fourth-order valence-corrected chi connectivity index (χ4v) is 1.32. The van der Waals surface area contributed by atoms with Crippen LogP contribution >= 0.6 is 11.8 Å². The lowest BCUT2D eigenvalue weighted by atomic mass is 10.7. The van der Waals surface area contributed by atoms with Crippen LogP contribution in [-0.4, -0.2) is 28.7 Å². The van der Waals surface area contributed by atoms with Crippen molar-refractivity contribution in [3.05, 3.63) is 12.4 Å². The number of anilines is 1. The predicted molar refractivity (Wildman–Crippen MR) is 49.2 cm³/mol. The standard InChI is InChI=1S/C7H8F3N3OS/c8-7(9,10)3-14-4-15-6-5(11)12-1-2-13-6/h1-2H,3-4H2,(H2,11,12). The van der Waals surface area contributed by atoms with Crippen LogP contribution in [0.3, 0.4) is 0 Å². The van der Waals surface area contributed by atoms with E-state index in [0.717, 1.165) is 11.8 Å². The van der Waals surface area contributed by atoms with E-state index in [0.29, 0.717) is 5.03 Å². The molecule has 0 saturated heterocycles. The highest BCUT2D eigenvalue weighted by atomic mass is 32.2. The second-order valence-electron chi connectivity index (χ2n) is 2.47. The van der Waals surface area contributed by atoms with E-state index in [4.69, 9.17) is 5.73 Å². The Bertz CT molecular complexity index is 321. The fraction of sp³-hybridized carbons (Fsp3) is 0.429. The molecule has 8 heteroatoms. The first-order chi connectivity index (χ1) is 6.99. The Labute approximate surface area is 88.0 Å². The topological polar surface area (TPSA) is 61.0 Å². The molecule has 0 aliphatic heterocycles. The molecule has 4 nitrogen and oxygen atoms in total. The summed E-state index contributed by atoms with van der Waals surface area (Å²) in [5, 5.41) is 0.361. The minimum atomic E-state index is -4.31.